The van der Waals surface area contributed by atoms with Crippen LogP contribution in [0.3, 0.4) is 0 Å². The van der Waals surface area contributed by atoms with E-state index in [4.69, 9.17) is 4.74 Å². The molecule has 0 unspecified atom stereocenters. The Morgan fingerprint density at radius 3 is 2.68 bits per heavy atom. The largest absolute Gasteiger partial charge is 0.493 e. The van der Waals surface area contributed by atoms with Crippen LogP contribution in [0.5, 0.6) is 5.75 Å². The standard InChI is InChI=1S/C22H17F3N2O4/c1-30-21(29)20(28)19-15(22(23,24)25)5-6-16(27-9-8-26-12-27)18(19)14-4-7-17-13(11-14)3-2-10-31-17/h4-9,11-12H,2-3,10H2,1H3. The third kappa shape index (κ3) is 3.78. The number of carbonyl (C=O) groups is 2. The third-order valence-corrected chi connectivity index (χ3v) is 5.07. The molecule has 160 valence electrons. The van der Waals surface area contributed by atoms with Crippen molar-refractivity contribution in [1.29, 1.82) is 0 Å². The zero-order valence-corrected chi connectivity index (χ0v) is 16.4. The van der Waals surface area contributed by atoms with Crippen LogP contribution in [-0.2, 0) is 22.1 Å². The molecule has 2 aromatic carbocycles. The lowest BCUT2D eigenvalue weighted by molar-refractivity contribution is -0.138. The van der Waals surface area contributed by atoms with Crippen molar-refractivity contribution in [3.8, 4) is 22.6 Å². The molecule has 0 saturated carbocycles. The molecular weight excluding hydrogens is 413 g/mol. The summed E-state index contributed by atoms with van der Waals surface area (Å²) in [6, 6.07) is 6.97. The highest BCUT2D eigenvalue weighted by Crippen LogP contribution is 2.41. The number of hydrogen-bond donors (Lipinski definition) is 0. The van der Waals surface area contributed by atoms with Gasteiger partial charge in [0.2, 0.25) is 0 Å². The number of ketones is 1. The van der Waals surface area contributed by atoms with E-state index in [0.29, 0.717) is 24.3 Å². The van der Waals surface area contributed by atoms with Gasteiger partial charge in [0.25, 0.3) is 5.78 Å². The number of ether oxygens (including phenoxy) is 2. The number of rotatable bonds is 4. The van der Waals surface area contributed by atoms with Gasteiger partial charge in [-0.2, -0.15) is 13.2 Å². The molecule has 0 bridgehead atoms. The number of Topliss-reactive ketones (excluding diaryl/α,β-unsaturated/α-hetero) is 1. The number of hydrogen-bond acceptors (Lipinski definition) is 5. The van der Waals surface area contributed by atoms with Crippen molar-refractivity contribution in [2.75, 3.05) is 13.7 Å². The summed E-state index contributed by atoms with van der Waals surface area (Å²) >= 11 is 0. The van der Waals surface area contributed by atoms with E-state index in [-0.39, 0.29) is 11.3 Å². The number of aryl methyl sites for hydroxylation is 1. The minimum atomic E-state index is -4.86. The number of alkyl halides is 3. The first-order chi connectivity index (χ1) is 14.8. The summed E-state index contributed by atoms with van der Waals surface area (Å²) in [5.41, 5.74) is -0.565. The van der Waals surface area contributed by atoms with Gasteiger partial charge in [0.15, 0.2) is 0 Å². The van der Waals surface area contributed by atoms with Crippen molar-refractivity contribution in [2.24, 2.45) is 0 Å². The van der Waals surface area contributed by atoms with Crippen LogP contribution in [0.1, 0.15) is 27.9 Å². The van der Waals surface area contributed by atoms with Gasteiger partial charge in [-0.1, -0.05) is 6.07 Å². The highest BCUT2D eigenvalue weighted by Gasteiger charge is 2.39. The van der Waals surface area contributed by atoms with Crippen LogP contribution in [-0.4, -0.2) is 35.0 Å². The number of methoxy groups -OCH3 is 1. The summed E-state index contributed by atoms with van der Waals surface area (Å²) in [5, 5.41) is 0. The fourth-order valence-electron chi connectivity index (χ4n) is 3.68. The van der Waals surface area contributed by atoms with Crippen LogP contribution in [0, 0.1) is 0 Å². The number of benzene rings is 2. The smallest absolute Gasteiger partial charge is 0.417 e. The summed E-state index contributed by atoms with van der Waals surface area (Å²) in [5.74, 6) is -2.11. The predicted octanol–water partition coefficient (Wildman–Crippen LogP) is 4.24. The zero-order valence-electron chi connectivity index (χ0n) is 16.4. The Bertz CT molecular complexity index is 1150. The summed E-state index contributed by atoms with van der Waals surface area (Å²) in [4.78, 5) is 28.8. The number of aromatic nitrogens is 2. The molecule has 31 heavy (non-hydrogen) atoms. The van der Waals surface area contributed by atoms with Gasteiger partial charge >= 0.3 is 12.1 Å². The van der Waals surface area contributed by atoms with Crippen LogP contribution in [0.25, 0.3) is 16.8 Å². The van der Waals surface area contributed by atoms with Gasteiger partial charge in [0.1, 0.15) is 5.75 Å². The van der Waals surface area contributed by atoms with Gasteiger partial charge in [0, 0.05) is 18.0 Å². The molecule has 0 atom stereocenters. The lowest BCUT2D eigenvalue weighted by atomic mass is 9.89. The predicted molar refractivity (Wildman–Crippen MR) is 104 cm³/mol. The van der Waals surface area contributed by atoms with Crippen LogP contribution >= 0.6 is 0 Å². The quantitative estimate of drug-likeness (QED) is 0.352. The van der Waals surface area contributed by atoms with E-state index in [1.54, 1.807) is 24.4 Å². The molecule has 2 heterocycles. The van der Waals surface area contributed by atoms with Gasteiger partial charge in [-0.15, -0.1) is 0 Å². The molecule has 1 aliphatic rings. The Morgan fingerprint density at radius 1 is 1.19 bits per heavy atom. The molecule has 0 spiro atoms. The van der Waals surface area contributed by atoms with E-state index < -0.39 is 29.1 Å². The number of nitrogens with zero attached hydrogens (tertiary/aromatic N) is 2. The topological polar surface area (TPSA) is 70.4 Å². The number of esters is 1. The Hall–Kier alpha value is -3.62. The van der Waals surface area contributed by atoms with Gasteiger partial charge in [-0.3, -0.25) is 4.79 Å². The van der Waals surface area contributed by atoms with Crippen molar-refractivity contribution >= 4 is 11.8 Å². The normalized spacial score (nSPS) is 13.3. The number of carbonyl (C=O) groups excluding carboxylic acids is 2. The average Bonchev–Trinajstić information content (AvgIpc) is 3.31. The molecule has 3 aromatic rings. The first kappa shape index (κ1) is 20.6. The molecular formula is C22H17F3N2O4. The molecule has 0 fully saturated rings. The zero-order chi connectivity index (χ0) is 22.2. The molecule has 0 N–H and O–H groups in total. The number of fused-ring (bicyclic) bond motifs is 1. The van der Waals surface area contributed by atoms with Crippen LogP contribution in [0.15, 0.2) is 49.1 Å². The molecule has 0 radical (unpaired) electrons. The second kappa shape index (κ2) is 7.90. The average molecular weight is 430 g/mol. The maximum absolute atomic E-state index is 13.9. The molecule has 0 amide bonds. The molecule has 6 nitrogen and oxygen atoms in total. The second-order valence-electron chi connectivity index (χ2n) is 6.95. The molecule has 4 rings (SSSR count). The van der Waals surface area contributed by atoms with Gasteiger partial charge in [0.05, 0.1) is 36.9 Å². The highest BCUT2D eigenvalue weighted by atomic mass is 19.4. The highest BCUT2D eigenvalue weighted by molar-refractivity contribution is 6.42. The monoisotopic (exact) mass is 430 g/mol. The maximum Gasteiger partial charge on any atom is 0.417 e. The van der Waals surface area contributed by atoms with Gasteiger partial charge < -0.3 is 14.0 Å². The lowest BCUT2D eigenvalue weighted by Crippen LogP contribution is -2.23. The van der Waals surface area contributed by atoms with E-state index in [1.165, 1.54) is 23.2 Å². The van der Waals surface area contributed by atoms with E-state index >= 15 is 0 Å². The fraction of sp³-hybridized carbons (Fsp3) is 0.227. The summed E-state index contributed by atoms with van der Waals surface area (Å²) < 4.78 is 53.2. The van der Waals surface area contributed by atoms with Crippen molar-refractivity contribution in [3.05, 3.63) is 65.7 Å². The fourth-order valence-corrected chi connectivity index (χ4v) is 3.68. The Morgan fingerprint density at radius 2 is 2.00 bits per heavy atom. The van der Waals surface area contributed by atoms with Crippen molar-refractivity contribution in [2.45, 2.75) is 19.0 Å². The summed E-state index contributed by atoms with van der Waals surface area (Å²) in [6.07, 6.45) is 0.993. The maximum atomic E-state index is 13.9. The Labute approximate surface area is 175 Å². The van der Waals surface area contributed by atoms with Crippen molar-refractivity contribution < 1.29 is 32.2 Å². The number of imidazole rings is 1. The van der Waals surface area contributed by atoms with Crippen LogP contribution < -0.4 is 4.74 Å². The van der Waals surface area contributed by atoms with Gasteiger partial charge in [-0.25, -0.2) is 9.78 Å². The SMILES string of the molecule is COC(=O)C(=O)c1c(C(F)(F)F)ccc(-n2ccnc2)c1-c1ccc2c(c1)CCCO2. The van der Waals surface area contributed by atoms with Crippen molar-refractivity contribution in [1.82, 2.24) is 9.55 Å². The van der Waals surface area contributed by atoms with Crippen LogP contribution in [0.4, 0.5) is 13.2 Å². The Kier molecular flexibility index (Phi) is 5.26. The summed E-state index contributed by atoms with van der Waals surface area (Å²) in [7, 11) is 0.948. The Balaban J connectivity index is 2.07. The van der Waals surface area contributed by atoms with Gasteiger partial charge in [-0.05, 0) is 48.2 Å². The number of halogens is 3. The van der Waals surface area contributed by atoms with Crippen molar-refractivity contribution in [3.63, 3.8) is 0 Å². The molecule has 1 aromatic heterocycles. The van der Waals surface area contributed by atoms with E-state index in [9.17, 15) is 22.8 Å². The lowest BCUT2D eigenvalue weighted by Gasteiger charge is -2.22. The van der Waals surface area contributed by atoms with E-state index in [2.05, 4.69) is 9.72 Å². The minimum Gasteiger partial charge on any atom is -0.493 e. The summed E-state index contributed by atoms with van der Waals surface area (Å²) in [6.45, 7) is 0.558. The second-order valence-corrected chi connectivity index (χ2v) is 6.95. The van der Waals surface area contributed by atoms with Crippen LogP contribution in [0.2, 0.25) is 0 Å². The molecule has 1 aliphatic heterocycles. The van der Waals surface area contributed by atoms with E-state index in [1.807, 2.05) is 0 Å². The first-order valence-electron chi connectivity index (χ1n) is 9.42. The molecule has 0 saturated heterocycles. The third-order valence-electron chi connectivity index (χ3n) is 5.07. The molecule has 9 heteroatoms. The van der Waals surface area contributed by atoms with E-state index in [0.717, 1.165) is 25.2 Å². The first-order valence-corrected chi connectivity index (χ1v) is 9.42. The minimum absolute atomic E-state index is 0.0309. The molecule has 0 aliphatic carbocycles.